The van der Waals surface area contributed by atoms with Gasteiger partial charge in [0.15, 0.2) is 0 Å². The third-order valence-electron chi connectivity index (χ3n) is 3.95. The summed E-state index contributed by atoms with van der Waals surface area (Å²) in [4.78, 5) is 6.28. The van der Waals surface area contributed by atoms with Gasteiger partial charge >= 0.3 is 0 Å². The van der Waals surface area contributed by atoms with Gasteiger partial charge in [-0.2, -0.15) is 4.31 Å². The lowest BCUT2D eigenvalue weighted by atomic mass is 10.1. The maximum Gasteiger partial charge on any atom is 0.246 e. The van der Waals surface area contributed by atoms with E-state index >= 15 is 0 Å². The molecule has 0 N–H and O–H groups in total. The molecule has 1 aromatic heterocycles. The van der Waals surface area contributed by atoms with Crippen molar-refractivity contribution in [2.75, 3.05) is 26.7 Å². The van der Waals surface area contributed by atoms with Crippen molar-refractivity contribution in [3.63, 3.8) is 0 Å². The molecule has 0 bridgehead atoms. The molecule has 1 aromatic rings. The number of rotatable bonds is 4. The highest BCUT2D eigenvalue weighted by molar-refractivity contribution is 9.10. The van der Waals surface area contributed by atoms with E-state index in [0.29, 0.717) is 4.47 Å². The van der Waals surface area contributed by atoms with E-state index in [1.165, 1.54) is 16.6 Å². The van der Waals surface area contributed by atoms with Gasteiger partial charge in [0, 0.05) is 23.8 Å². The standard InChI is InChI=1S/C13H19BrClN3O2S/c1-3-18-6-4-11(5-7-18)17(2)21(19,20)12-8-10(14)9-16-13(12)15/h8-9,11H,3-7H2,1-2H3. The first-order valence-corrected chi connectivity index (χ1v) is 9.48. The average Bonchev–Trinajstić information content (AvgIpc) is 2.49. The van der Waals surface area contributed by atoms with E-state index in [-0.39, 0.29) is 16.1 Å². The molecule has 8 heteroatoms. The third-order valence-corrected chi connectivity index (χ3v) is 6.72. The summed E-state index contributed by atoms with van der Waals surface area (Å²) in [7, 11) is -2.00. The van der Waals surface area contributed by atoms with Crippen LogP contribution in [0.25, 0.3) is 0 Å². The topological polar surface area (TPSA) is 53.5 Å². The van der Waals surface area contributed by atoms with Crippen molar-refractivity contribution in [2.24, 2.45) is 0 Å². The fourth-order valence-corrected chi connectivity index (χ4v) is 4.87. The maximum atomic E-state index is 12.7. The number of nitrogens with zero attached hydrogens (tertiary/aromatic N) is 3. The largest absolute Gasteiger partial charge is 0.303 e. The summed E-state index contributed by atoms with van der Waals surface area (Å²) in [5.74, 6) is 0. The number of sulfonamides is 1. The molecule has 0 saturated carbocycles. The quantitative estimate of drug-likeness (QED) is 0.734. The Bertz CT molecular complexity index is 603. The predicted octanol–water partition coefficient (Wildman–Crippen LogP) is 2.60. The van der Waals surface area contributed by atoms with Crippen molar-refractivity contribution in [1.29, 1.82) is 0 Å². The Morgan fingerprint density at radius 2 is 2.10 bits per heavy atom. The number of likely N-dealkylation sites (tertiary alicyclic amines) is 1. The Morgan fingerprint density at radius 3 is 2.67 bits per heavy atom. The second kappa shape index (κ2) is 6.91. The number of pyridine rings is 1. The lowest BCUT2D eigenvalue weighted by molar-refractivity contribution is 0.176. The van der Waals surface area contributed by atoms with Crippen LogP contribution in [-0.2, 0) is 10.0 Å². The second-order valence-electron chi connectivity index (χ2n) is 5.13. The van der Waals surface area contributed by atoms with E-state index in [4.69, 9.17) is 11.6 Å². The molecular formula is C13H19BrClN3O2S. The van der Waals surface area contributed by atoms with E-state index in [1.807, 2.05) is 0 Å². The van der Waals surface area contributed by atoms with Gasteiger partial charge < -0.3 is 4.90 Å². The highest BCUT2D eigenvalue weighted by Crippen LogP contribution is 2.28. The van der Waals surface area contributed by atoms with Crippen LogP contribution in [-0.4, -0.2) is 55.3 Å². The molecule has 2 rings (SSSR count). The zero-order valence-corrected chi connectivity index (χ0v) is 15.2. The molecular weight excluding hydrogens is 378 g/mol. The SMILES string of the molecule is CCN1CCC(N(C)S(=O)(=O)c2cc(Br)cnc2Cl)CC1. The Balaban J connectivity index is 2.21. The van der Waals surface area contributed by atoms with Crippen molar-refractivity contribution in [2.45, 2.75) is 30.7 Å². The smallest absolute Gasteiger partial charge is 0.246 e. The van der Waals surface area contributed by atoms with E-state index in [0.717, 1.165) is 32.5 Å². The van der Waals surface area contributed by atoms with Crippen LogP contribution in [0.3, 0.4) is 0 Å². The lowest BCUT2D eigenvalue weighted by Gasteiger charge is -2.35. The first-order valence-electron chi connectivity index (χ1n) is 6.87. The minimum atomic E-state index is -3.63. The number of hydrogen-bond acceptors (Lipinski definition) is 4. The van der Waals surface area contributed by atoms with Crippen LogP contribution < -0.4 is 0 Å². The summed E-state index contributed by atoms with van der Waals surface area (Å²) in [5.41, 5.74) is 0. The van der Waals surface area contributed by atoms with Gasteiger partial charge in [-0.05, 0) is 54.5 Å². The van der Waals surface area contributed by atoms with Gasteiger partial charge in [-0.25, -0.2) is 13.4 Å². The van der Waals surface area contributed by atoms with Crippen molar-refractivity contribution < 1.29 is 8.42 Å². The Kier molecular flexibility index (Phi) is 5.65. The molecule has 0 unspecified atom stereocenters. The van der Waals surface area contributed by atoms with Crippen molar-refractivity contribution in [3.05, 3.63) is 21.9 Å². The maximum absolute atomic E-state index is 12.7. The minimum absolute atomic E-state index is 0.00727. The molecule has 1 aliphatic rings. The van der Waals surface area contributed by atoms with Crippen LogP contribution in [0, 0.1) is 0 Å². The predicted molar refractivity (Wildman–Crippen MR) is 87.0 cm³/mol. The zero-order valence-electron chi connectivity index (χ0n) is 12.1. The van der Waals surface area contributed by atoms with Crippen LogP contribution >= 0.6 is 27.5 Å². The van der Waals surface area contributed by atoms with E-state index < -0.39 is 10.0 Å². The molecule has 1 saturated heterocycles. The summed E-state index contributed by atoms with van der Waals surface area (Å²) in [6.07, 6.45) is 3.16. The van der Waals surface area contributed by atoms with Gasteiger partial charge in [-0.15, -0.1) is 0 Å². The first kappa shape index (κ1) is 17.1. The normalized spacial score (nSPS) is 18.3. The molecule has 5 nitrogen and oxygen atoms in total. The van der Waals surface area contributed by atoms with Crippen molar-refractivity contribution >= 4 is 37.6 Å². The Morgan fingerprint density at radius 1 is 1.48 bits per heavy atom. The molecule has 2 heterocycles. The fraction of sp³-hybridized carbons (Fsp3) is 0.615. The van der Waals surface area contributed by atoms with Crippen LogP contribution in [0.15, 0.2) is 21.6 Å². The van der Waals surface area contributed by atoms with Crippen molar-refractivity contribution in [1.82, 2.24) is 14.2 Å². The zero-order chi connectivity index (χ0) is 15.6. The molecule has 118 valence electrons. The summed E-state index contributed by atoms with van der Waals surface area (Å²) in [5, 5.41) is 0.0102. The Labute approximate surface area is 139 Å². The molecule has 0 amide bonds. The van der Waals surface area contributed by atoms with Gasteiger partial charge in [0.1, 0.15) is 10.0 Å². The summed E-state index contributed by atoms with van der Waals surface area (Å²) in [6, 6.07) is 1.51. The molecule has 21 heavy (non-hydrogen) atoms. The Hall–Kier alpha value is -0.210. The lowest BCUT2D eigenvalue weighted by Crippen LogP contribution is -2.45. The molecule has 0 radical (unpaired) electrons. The number of piperidine rings is 1. The van der Waals surface area contributed by atoms with E-state index in [1.54, 1.807) is 7.05 Å². The van der Waals surface area contributed by atoms with Gasteiger partial charge in [-0.1, -0.05) is 18.5 Å². The van der Waals surface area contributed by atoms with Gasteiger partial charge in [-0.3, -0.25) is 0 Å². The molecule has 0 aromatic carbocycles. The van der Waals surface area contributed by atoms with Crippen LogP contribution in [0.1, 0.15) is 19.8 Å². The van der Waals surface area contributed by atoms with Crippen molar-refractivity contribution in [3.8, 4) is 0 Å². The monoisotopic (exact) mass is 395 g/mol. The van der Waals surface area contributed by atoms with Crippen LogP contribution in [0.5, 0.6) is 0 Å². The summed E-state index contributed by atoms with van der Waals surface area (Å²) >= 11 is 9.20. The number of halogens is 2. The third kappa shape index (κ3) is 3.76. The first-order chi connectivity index (χ1) is 9.86. The molecule has 0 spiro atoms. The second-order valence-corrected chi connectivity index (χ2v) is 8.37. The van der Waals surface area contributed by atoms with Gasteiger partial charge in [0.05, 0.1) is 0 Å². The van der Waals surface area contributed by atoms with Crippen LogP contribution in [0.4, 0.5) is 0 Å². The number of aromatic nitrogens is 1. The molecule has 1 fully saturated rings. The van der Waals surface area contributed by atoms with E-state index in [2.05, 4.69) is 32.7 Å². The molecule has 0 aliphatic carbocycles. The number of hydrogen-bond donors (Lipinski definition) is 0. The minimum Gasteiger partial charge on any atom is -0.303 e. The van der Waals surface area contributed by atoms with Gasteiger partial charge in [0.2, 0.25) is 10.0 Å². The van der Waals surface area contributed by atoms with Gasteiger partial charge in [0.25, 0.3) is 0 Å². The molecule has 1 aliphatic heterocycles. The fourth-order valence-electron chi connectivity index (χ4n) is 2.54. The highest BCUT2D eigenvalue weighted by atomic mass is 79.9. The van der Waals surface area contributed by atoms with Crippen LogP contribution in [0.2, 0.25) is 5.15 Å². The molecule has 0 atom stereocenters. The summed E-state index contributed by atoms with van der Waals surface area (Å²) in [6.45, 7) is 4.97. The average molecular weight is 397 g/mol. The summed E-state index contributed by atoms with van der Waals surface area (Å²) < 4.78 is 27.5. The van der Waals surface area contributed by atoms with E-state index in [9.17, 15) is 8.42 Å². The highest BCUT2D eigenvalue weighted by Gasteiger charge is 2.32.